The van der Waals surface area contributed by atoms with Gasteiger partial charge < -0.3 is 22.3 Å². The molecule has 5 nitrogen and oxygen atoms in total. The molecule has 1 fully saturated rings. The van der Waals surface area contributed by atoms with Gasteiger partial charge in [0.25, 0.3) is 5.72 Å². The van der Waals surface area contributed by atoms with Crippen LogP contribution in [0.1, 0.15) is 41.0 Å². The van der Waals surface area contributed by atoms with Crippen LogP contribution in [0, 0.1) is 5.41 Å². The highest BCUT2D eigenvalue weighted by atomic mass is 35.5. The monoisotopic (exact) mass is 437 g/mol. The second-order valence-electron chi connectivity index (χ2n) is 8.28. The number of hydrogen-bond acceptors (Lipinski definition) is 4. The Morgan fingerprint density at radius 3 is 1.90 bits per heavy atom. The lowest BCUT2D eigenvalue weighted by Gasteiger charge is -2.52. The lowest BCUT2D eigenvalue weighted by Crippen LogP contribution is -3.00. The summed E-state index contributed by atoms with van der Waals surface area (Å²) in [7, 11) is 3.80. The Labute approximate surface area is 187 Å². The van der Waals surface area contributed by atoms with Crippen molar-refractivity contribution in [1.29, 1.82) is 0 Å². The molecule has 0 bridgehead atoms. The molecule has 0 aromatic heterocycles. The third kappa shape index (κ3) is 4.69. The van der Waals surface area contributed by atoms with Crippen molar-refractivity contribution in [3.05, 3.63) is 60.8 Å². The van der Waals surface area contributed by atoms with Crippen molar-refractivity contribution in [2.75, 3.05) is 20.6 Å². The lowest BCUT2D eigenvalue weighted by atomic mass is 9.69. The minimum absolute atomic E-state index is 0. The Bertz CT molecular complexity index is 766. The third-order valence-corrected chi connectivity index (χ3v) is 5.34. The van der Waals surface area contributed by atoms with Gasteiger partial charge in [-0.2, -0.15) is 0 Å². The molecule has 1 aliphatic heterocycles. The lowest BCUT2D eigenvalue weighted by molar-refractivity contribution is -0.958. The minimum atomic E-state index is -2.02. The van der Waals surface area contributed by atoms with Gasteiger partial charge in [0.05, 0.1) is 20.5 Å². The van der Waals surface area contributed by atoms with Crippen molar-refractivity contribution in [1.82, 2.24) is 0 Å². The molecule has 2 atom stereocenters. The van der Waals surface area contributed by atoms with Gasteiger partial charge in [0.2, 0.25) is 0 Å². The van der Waals surface area contributed by atoms with Gasteiger partial charge in [-0.15, -0.1) is 0 Å². The summed E-state index contributed by atoms with van der Waals surface area (Å²) in [5.74, 6) is -1.14. The predicted molar refractivity (Wildman–Crippen MR) is 117 cm³/mol. The van der Waals surface area contributed by atoms with Crippen LogP contribution in [0.15, 0.2) is 60.8 Å². The highest BCUT2D eigenvalue weighted by Crippen LogP contribution is 2.50. The molecule has 30 heavy (non-hydrogen) atoms. The molecule has 2 unspecified atom stereocenters. The second kappa shape index (κ2) is 10.4. The molecule has 1 heterocycles. The van der Waals surface area contributed by atoms with Crippen LogP contribution < -0.4 is 12.4 Å². The van der Waals surface area contributed by atoms with E-state index in [-0.39, 0.29) is 29.1 Å². The molecule has 0 amide bonds. The van der Waals surface area contributed by atoms with Gasteiger partial charge in [-0.3, -0.25) is 9.28 Å². The Balaban J connectivity index is 0.00000841. The number of Topliss-reactive ketones (excluding diaryl/α,β-unsaturated/α-hetero) is 1. The number of nitrogens with zero attached hydrogens (tertiary/aromatic N) is 1. The quantitative estimate of drug-likeness (QED) is 0.365. The summed E-state index contributed by atoms with van der Waals surface area (Å²) < 4.78 is 6.28. The van der Waals surface area contributed by atoms with E-state index in [1.807, 2.05) is 41.8 Å². The number of esters is 1. The van der Waals surface area contributed by atoms with Crippen molar-refractivity contribution >= 4 is 11.8 Å². The van der Waals surface area contributed by atoms with E-state index in [4.69, 9.17) is 4.74 Å². The number of cyclic esters (lactones) is 1. The SMILES string of the molecule is C=C(C)C[N+](C)(C)C1(C=CC)OC(=O)C(O)(C=CC)CC(=O)C1(C=CC)C=CC.[Cl-]. The predicted octanol–water partition coefficient (Wildman–Crippen LogP) is 0.877. The van der Waals surface area contributed by atoms with Gasteiger partial charge in [-0.1, -0.05) is 43.0 Å². The molecule has 0 spiro atoms. The van der Waals surface area contributed by atoms with Crippen LogP contribution in [0.5, 0.6) is 0 Å². The molecule has 1 aliphatic rings. The largest absolute Gasteiger partial charge is 1.00 e. The number of aliphatic hydroxyl groups is 1. The van der Waals surface area contributed by atoms with E-state index in [1.165, 1.54) is 6.08 Å². The number of rotatable bonds is 7. The first kappa shape index (κ1) is 28.1. The van der Waals surface area contributed by atoms with E-state index >= 15 is 0 Å². The number of allylic oxidation sites excluding steroid dienone is 4. The number of ketones is 1. The minimum Gasteiger partial charge on any atom is -1.00 e. The van der Waals surface area contributed by atoms with E-state index in [1.54, 1.807) is 49.5 Å². The fraction of sp³-hybridized carbons (Fsp3) is 0.500. The van der Waals surface area contributed by atoms with E-state index in [0.29, 0.717) is 6.54 Å². The van der Waals surface area contributed by atoms with Crippen LogP contribution in [0.25, 0.3) is 0 Å². The number of halogens is 1. The number of likely N-dealkylation sites (N-methyl/N-ethyl adjacent to an activating group) is 1. The van der Waals surface area contributed by atoms with Crippen molar-refractivity contribution < 1.29 is 36.3 Å². The highest BCUT2D eigenvalue weighted by molar-refractivity contribution is 5.99. The van der Waals surface area contributed by atoms with Crippen molar-refractivity contribution in [3.63, 3.8) is 0 Å². The molecule has 0 aromatic rings. The van der Waals surface area contributed by atoms with E-state index in [2.05, 4.69) is 6.58 Å². The fourth-order valence-electron chi connectivity index (χ4n) is 4.40. The molecule has 168 valence electrons. The first-order valence-corrected chi connectivity index (χ1v) is 9.94. The van der Waals surface area contributed by atoms with E-state index in [0.717, 1.165) is 5.57 Å². The van der Waals surface area contributed by atoms with E-state index < -0.39 is 22.7 Å². The van der Waals surface area contributed by atoms with Gasteiger partial charge in [0.15, 0.2) is 16.8 Å². The molecule has 0 aromatic carbocycles. The summed E-state index contributed by atoms with van der Waals surface area (Å²) in [6, 6.07) is 0. The van der Waals surface area contributed by atoms with Crippen LogP contribution >= 0.6 is 0 Å². The maximum absolute atomic E-state index is 13.8. The first-order chi connectivity index (χ1) is 13.4. The highest BCUT2D eigenvalue weighted by Gasteiger charge is 2.68. The molecule has 0 radical (unpaired) electrons. The Hall–Kier alpha value is -1.95. The van der Waals surface area contributed by atoms with Crippen molar-refractivity contribution in [2.45, 2.75) is 52.4 Å². The first-order valence-electron chi connectivity index (χ1n) is 9.94. The summed E-state index contributed by atoms with van der Waals surface area (Å²) >= 11 is 0. The Kier molecular flexibility index (Phi) is 9.71. The molecule has 6 heteroatoms. The Morgan fingerprint density at radius 1 is 1.03 bits per heavy atom. The number of hydrogen-bond donors (Lipinski definition) is 1. The summed E-state index contributed by atoms with van der Waals surface area (Å²) in [5.41, 5.74) is -3.86. The van der Waals surface area contributed by atoms with Gasteiger partial charge in [0, 0.05) is 6.08 Å². The van der Waals surface area contributed by atoms with Gasteiger partial charge in [0.1, 0.15) is 6.54 Å². The van der Waals surface area contributed by atoms with Crippen LogP contribution in [0.4, 0.5) is 0 Å². The van der Waals surface area contributed by atoms with Crippen molar-refractivity contribution in [3.8, 4) is 0 Å². The van der Waals surface area contributed by atoms with Crippen molar-refractivity contribution in [2.24, 2.45) is 5.41 Å². The molecular formula is C24H36ClNO4. The van der Waals surface area contributed by atoms with Crippen LogP contribution in [-0.4, -0.2) is 53.3 Å². The number of quaternary nitrogens is 1. The molecule has 0 saturated carbocycles. The fourth-order valence-corrected chi connectivity index (χ4v) is 4.40. The maximum Gasteiger partial charge on any atom is 0.347 e. The standard InChI is InChI=1S/C24H36NO4.ClH/c1-9-13-22(14-10-2)20(26)17-23(28,15-11-3)21(27)29-24(22,16-12-4)25(7,8)18-19(5)6;/h9-16,28H,5,17-18H2,1-4,6-8H3;1H/q+1;/p-1. The van der Waals surface area contributed by atoms with Gasteiger partial charge >= 0.3 is 5.97 Å². The van der Waals surface area contributed by atoms with Gasteiger partial charge in [-0.05, 0) is 46.3 Å². The third-order valence-electron chi connectivity index (χ3n) is 5.34. The second-order valence-corrected chi connectivity index (χ2v) is 8.28. The molecule has 1 rings (SSSR count). The average molecular weight is 438 g/mol. The zero-order chi connectivity index (χ0) is 22.5. The molecule has 1 saturated heterocycles. The summed E-state index contributed by atoms with van der Waals surface area (Å²) in [5, 5.41) is 11.0. The summed E-state index contributed by atoms with van der Waals surface area (Å²) in [4.78, 5) is 27.0. The molecular weight excluding hydrogens is 402 g/mol. The summed E-state index contributed by atoms with van der Waals surface area (Å²) in [6.45, 7) is 13.5. The van der Waals surface area contributed by atoms with Crippen LogP contribution in [-0.2, 0) is 14.3 Å². The van der Waals surface area contributed by atoms with Gasteiger partial charge in [-0.25, -0.2) is 4.79 Å². The van der Waals surface area contributed by atoms with Crippen LogP contribution in [0.3, 0.4) is 0 Å². The average Bonchev–Trinajstić information content (AvgIpc) is 2.64. The zero-order valence-corrected chi connectivity index (χ0v) is 20.0. The normalized spacial score (nSPS) is 30.8. The van der Waals surface area contributed by atoms with E-state index in [9.17, 15) is 14.7 Å². The smallest absolute Gasteiger partial charge is 0.347 e. The number of ether oxygens (including phenoxy) is 1. The Morgan fingerprint density at radius 2 is 1.50 bits per heavy atom. The molecule has 1 N–H and O–H groups in total. The summed E-state index contributed by atoms with van der Waals surface area (Å²) in [6.07, 6.45) is 13.1. The van der Waals surface area contributed by atoms with Crippen LogP contribution in [0.2, 0.25) is 0 Å². The number of carbonyl (C=O) groups is 2. The molecule has 0 aliphatic carbocycles. The topological polar surface area (TPSA) is 63.6 Å². The maximum atomic E-state index is 13.8. The number of carbonyl (C=O) groups excluding carboxylic acids is 2. The zero-order valence-electron chi connectivity index (χ0n) is 19.2.